The topological polar surface area (TPSA) is 47.6 Å². The van der Waals surface area contributed by atoms with Crippen LogP contribution in [0.5, 0.6) is 5.75 Å². The highest BCUT2D eigenvalue weighted by molar-refractivity contribution is 14.1. The second-order valence-corrected chi connectivity index (χ2v) is 9.83. The predicted molar refractivity (Wildman–Crippen MR) is 124 cm³/mol. The number of benzene rings is 2. The molecule has 2 aliphatic rings. The Labute approximate surface area is 186 Å². The first-order valence-electron chi connectivity index (χ1n) is 10.8. The maximum Gasteiger partial charge on any atom is 0.408 e. The van der Waals surface area contributed by atoms with E-state index in [0.717, 1.165) is 26.2 Å². The van der Waals surface area contributed by atoms with Crippen LogP contribution in [-0.2, 0) is 10.3 Å². The van der Waals surface area contributed by atoms with Gasteiger partial charge in [-0.05, 0) is 89.6 Å². The van der Waals surface area contributed by atoms with Crippen LogP contribution in [0.2, 0.25) is 0 Å². The summed E-state index contributed by atoms with van der Waals surface area (Å²) >= 11 is 2.40. The molecule has 1 saturated heterocycles. The lowest BCUT2D eigenvalue weighted by molar-refractivity contribution is 0.127. The second-order valence-electron chi connectivity index (χ2n) is 8.75. The van der Waals surface area contributed by atoms with Crippen LogP contribution in [0.3, 0.4) is 0 Å². The van der Waals surface area contributed by atoms with Crippen LogP contribution >= 0.6 is 22.6 Å². The van der Waals surface area contributed by atoms with Crippen LogP contribution in [0.1, 0.15) is 64.4 Å². The molecule has 1 saturated carbocycles. The molecule has 1 N–H and O–H groups in total. The molecule has 156 valence electrons. The number of rotatable bonds is 6. The van der Waals surface area contributed by atoms with Crippen LogP contribution in [0.15, 0.2) is 30.3 Å². The molecule has 0 bridgehead atoms. The zero-order chi connectivity index (χ0) is 20.4. The van der Waals surface area contributed by atoms with Gasteiger partial charge in [0.1, 0.15) is 12.4 Å². The molecule has 1 amide bonds. The van der Waals surface area contributed by atoms with E-state index >= 15 is 0 Å². The van der Waals surface area contributed by atoms with Gasteiger partial charge in [-0.3, -0.25) is 0 Å². The Morgan fingerprint density at radius 2 is 2.00 bits per heavy atom. The van der Waals surface area contributed by atoms with E-state index in [9.17, 15) is 4.79 Å². The number of alkyl carbamates (subject to hydrolysis) is 1. The molecular weight excluding hydrogens is 477 g/mol. The van der Waals surface area contributed by atoms with Crippen LogP contribution in [0.4, 0.5) is 4.79 Å². The Kier molecular flexibility index (Phi) is 6.23. The van der Waals surface area contributed by atoms with Gasteiger partial charge in [-0.2, -0.15) is 0 Å². The molecule has 1 heterocycles. The molecule has 2 fully saturated rings. The molecular formula is C24H30INO3. The van der Waals surface area contributed by atoms with Crippen molar-refractivity contribution in [2.75, 3.05) is 6.61 Å². The lowest BCUT2D eigenvalue weighted by Crippen LogP contribution is -2.37. The fourth-order valence-electron chi connectivity index (χ4n) is 4.58. The van der Waals surface area contributed by atoms with Crippen LogP contribution in [0.25, 0.3) is 10.8 Å². The van der Waals surface area contributed by atoms with Crippen molar-refractivity contribution in [1.82, 2.24) is 5.32 Å². The van der Waals surface area contributed by atoms with Gasteiger partial charge in [0.15, 0.2) is 0 Å². The molecule has 0 spiro atoms. The number of fused-ring (bicyclic) bond motifs is 1. The minimum atomic E-state index is -0.470. The highest BCUT2D eigenvalue weighted by atomic mass is 127. The van der Waals surface area contributed by atoms with Crippen molar-refractivity contribution in [3.8, 4) is 5.75 Å². The van der Waals surface area contributed by atoms with Gasteiger partial charge in [-0.1, -0.05) is 44.4 Å². The smallest absolute Gasteiger partial charge is 0.408 e. The molecule has 1 atom stereocenters. The van der Waals surface area contributed by atoms with Crippen LogP contribution < -0.4 is 10.1 Å². The predicted octanol–water partition coefficient (Wildman–Crippen LogP) is 6.53. The lowest BCUT2D eigenvalue weighted by atomic mass is 9.84. The van der Waals surface area contributed by atoms with E-state index in [1.165, 1.54) is 50.3 Å². The minimum Gasteiger partial charge on any atom is -0.489 e. The van der Waals surface area contributed by atoms with Gasteiger partial charge in [0.25, 0.3) is 0 Å². The van der Waals surface area contributed by atoms with Gasteiger partial charge in [-0.15, -0.1) is 0 Å². The lowest BCUT2D eigenvalue weighted by Gasteiger charge is -2.29. The van der Waals surface area contributed by atoms with E-state index in [2.05, 4.69) is 65.2 Å². The highest BCUT2D eigenvalue weighted by Crippen LogP contribution is 2.36. The summed E-state index contributed by atoms with van der Waals surface area (Å²) < 4.78 is 12.7. The molecule has 0 radical (unpaired) electrons. The molecule has 1 aliphatic carbocycles. The number of hydrogen-bond acceptors (Lipinski definition) is 3. The Bertz CT molecular complexity index is 891. The normalized spacial score (nSPS) is 26.9. The summed E-state index contributed by atoms with van der Waals surface area (Å²) in [4.78, 5) is 11.5. The average molecular weight is 507 g/mol. The molecule has 2 aromatic carbocycles. The van der Waals surface area contributed by atoms with E-state index in [1.807, 2.05) is 6.92 Å². The number of carbonyl (C=O) groups excluding carboxylic acids is 1. The largest absolute Gasteiger partial charge is 0.489 e. The van der Waals surface area contributed by atoms with Crippen molar-refractivity contribution in [2.45, 2.75) is 70.4 Å². The summed E-state index contributed by atoms with van der Waals surface area (Å²) in [6, 6.07) is 10.6. The second kappa shape index (κ2) is 8.70. The molecule has 1 unspecified atom stereocenters. The summed E-state index contributed by atoms with van der Waals surface area (Å²) in [6.07, 6.45) is 8.94. The molecule has 0 aromatic heterocycles. The highest BCUT2D eigenvalue weighted by Gasteiger charge is 2.36. The van der Waals surface area contributed by atoms with E-state index < -0.39 is 5.54 Å². The van der Waals surface area contributed by atoms with Crippen molar-refractivity contribution in [2.24, 2.45) is 5.92 Å². The molecule has 2 aromatic rings. The van der Waals surface area contributed by atoms with Gasteiger partial charge < -0.3 is 14.8 Å². The van der Waals surface area contributed by atoms with Gasteiger partial charge in [0, 0.05) is 0 Å². The van der Waals surface area contributed by atoms with Crippen molar-refractivity contribution < 1.29 is 14.3 Å². The summed E-state index contributed by atoms with van der Waals surface area (Å²) in [6.45, 7) is 4.63. The van der Waals surface area contributed by atoms with Crippen molar-refractivity contribution >= 4 is 39.5 Å². The van der Waals surface area contributed by atoms with Gasteiger partial charge in [0.05, 0.1) is 15.2 Å². The number of carbonyl (C=O) groups is 1. The Balaban J connectivity index is 1.47. The quantitative estimate of drug-likeness (QED) is 0.453. The standard InChI is InChI=1S/C24H30INO3/c1-3-4-5-16-6-10-19(11-7-16)29-21-13-8-17-14-18(9-12-20(17)22(21)25)24(2)15-28-23(27)26-24/h8-9,12-14,16,19H,3-7,10-11,15H2,1-2H3,(H,26,27). The van der Waals surface area contributed by atoms with Crippen molar-refractivity contribution in [3.05, 3.63) is 39.5 Å². The van der Waals surface area contributed by atoms with Crippen LogP contribution in [0, 0.1) is 9.49 Å². The summed E-state index contributed by atoms with van der Waals surface area (Å²) in [5.41, 5.74) is 0.591. The fraction of sp³-hybridized carbons (Fsp3) is 0.542. The number of unbranched alkanes of at least 4 members (excludes halogenated alkanes) is 1. The van der Waals surface area contributed by atoms with Crippen molar-refractivity contribution in [3.63, 3.8) is 0 Å². The van der Waals surface area contributed by atoms with E-state index in [1.54, 1.807) is 0 Å². The number of halogens is 1. The zero-order valence-corrected chi connectivity index (χ0v) is 19.5. The molecule has 1 aliphatic heterocycles. The maximum absolute atomic E-state index is 11.5. The maximum atomic E-state index is 11.5. The monoisotopic (exact) mass is 507 g/mol. The summed E-state index contributed by atoms with van der Waals surface area (Å²) in [5, 5.41) is 5.27. The zero-order valence-electron chi connectivity index (χ0n) is 17.3. The Hall–Kier alpha value is -1.50. The number of hydrogen-bond donors (Lipinski definition) is 1. The minimum absolute atomic E-state index is 0.336. The molecule has 5 heteroatoms. The SMILES string of the molecule is CCCCC1CCC(Oc2ccc3cc(C4(C)COC(=O)N4)ccc3c2I)CC1. The third kappa shape index (κ3) is 4.49. The number of amides is 1. The number of cyclic esters (lactones) is 1. The Morgan fingerprint density at radius 3 is 2.69 bits per heavy atom. The first kappa shape index (κ1) is 20.8. The fourth-order valence-corrected chi connectivity index (χ4v) is 5.38. The van der Waals surface area contributed by atoms with E-state index in [4.69, 9.17) is 9.47 Å². The first-order valence-corrected chi connectivity index (χ1v) is 11.9. The number of ether oxygens (including phenoxy) is 2. The van der Waals surface area contributed by atoms with Gasteiger partial charge in [0.2, 0.25) is 0 Å². The first-order chi connectivity index (χ1) is 14.0. The summed E-state index contributed by atoms with van der Waals surface area (Å²) in [5.74, 6) is 1.89. The average Bonchev–Trinajstić information content (AvgIpc) is 3.09. The molecule has 4 rings (SSSR count). The van der Waals surface area contributed by atoms with Gasteiger partial charge in [-0.25, -0.2) is 4.79 Å². The van der Waals surface area contributed by atoms with E-state index in [0.29, 0.717) is 12.7 Å². The van der Waals surface area contributed by atoms with Crippen LogP contribution in [-0.4, -0.2) is 18.8 Å². The third-order valence-corrected chi connectivity index (χ3v) is 7.59. The summed E-state index contributed by atoms with van der Waals surface area (Å²) in [7, 11) is 0. The molecule has 29 heavy (non-hydrogen) atoms. The number of nitrogens with one attached hydrogen (secondary N) is 1. The Morgan fingerprint density at radius 1 is 1.21 bits per heavy atom. The van der Waals surface area contributed by atoms with Gasteiger partial charge >= 0.3 is 6.09 Å². The van der Waals surface area contributed by atoms with Crippen molar-refractivity contribution in [1.29, 1.82) is 0 Å². The van der Waals surface area contributed by atoms with E-state index in [-0.39, 0.29) is 6.09 Å². The third-order valence-electron chi connectivity index (χ3n) is 6.48. The molecule has 4 nitrogen and oxygen atoms in total.